The van der Waals surface area contributed by atoms with E-state index in [-0.39, 0.29) is 5.91 Å². The Morgan fingerprint density at radius 1 is 1.18 bits per heavy atom. The average Bonchev–Trinajstić information content (AvgIpc) is 2.90. The monoisotopic (exact) mass is 294 g/mol. The van der Waals surface area contributed by atoms with Crippen molar-refractivity contribution in [2.75, 3.05) is 5.32 Å². The molecule has 0 bridgehead atoms. The number of amides is 1. The van der Waals surface area contributed by atoms with Crippen LogP contribution in [0.4, 0.5) is 5.69 Å². The molecule has 0 aliphatic heterocycles. The Kier molecular flexibility index (Phi) is 4.19. The minimum Gasteiger partial charge on any atom is -0.441 e. The van der Waals surface area contributed by atoms with Gasteiger partial charge in [-0.1, -0.05) is 24.3 Å². The minimum atomic E-state index is 0.0155. The van der Waals surface area contributed by atoms with E-state index in [0.29, 0.717) is 25.2 Å². The highest BCUT2D eigenvalue weighted by molar-refractivity contribution is 5.90. The van der Waals surface area contributed by atoms with Crippen LogP contribution in [0.25, 0.3) is 11.1 Å². The van der Waals surface area contributed by atoms with E-state index in [9.17, 15) is 4.79 Å². The second kappa shape index (κ2) is 6.43. The van der Waals surface area contributed by atoms with Crippen LogP contribution in [0.1, 0.15) is 24.3 Å². The summed E-state index contributed by atoms with van der Waals surface area (Å²) < 4.78 is 5.64. The van der Waals surface area contributed by atoms with Gasteiger partial charge in [0, 0.05) is 18.5 Å². The summed E-state index contributed by atoms with van der Waals surface area (Å²) in [6, 6.07) is 15.5. The Morgan fingerprint density at radius 2 is 2.05 bits per heavy atom. The lowest BCUT2D eigenvalue weighted by molar-refractivity contribution is -0.116. The Balaban J connectivity index is 1.51. The Labute approximate surface area is 129 Å². The number of oxazole rings is 1. The number of carbonyl (C=O) groups is 1. The summed E-state index contributed by atoms with van der Waals surface area (Å²) in [6.45, 7) is 2.00. The smallest absolute Gasteiger partial charge is 0.224 e. The minimum absolute atomic E-state index is 0.0155. The molecule has 3 aromatic rings. The van der Waals surface area contributed by atoms with Crippen LogP contribution in [-0.4, -0.2) is 10.9 Å². The molecule has 0 radical (unpaired) electrons. The van der Waals surface area contributed by atoms with Gasteiger partial charge in [-0.2, -0.15) is 0 Å². The summed E-state index contributed by atoms with van der Waals surface area (Å²) in [5.74, 6) is 0.700. The van der Waals surface area contributed by atoms with Gasteiger partial charge in [0.1, 0.15) is 5.52 Å². The second-order valence-corrected chi connectivity index (χ2v) is 5.35. The van der Waals surface area contributed by atoms with Crippen LogP contribution < -0.4 is 5.32 Å². The molecule has 0 aliphatic rings. The predicted molar refractivity (Wildman–Crippen MR) is 86.8 cm³/mol. The molecule has 112 valence electrons. The Bertz CT molecular complexity index is 759. The Hall–Kier alpha value is -2.62. The van der Waals surface area contributed by atoms with Crippen molar-refractivity contribution < 1.29 is 9.21 Å². The number of fused-ring (bicyclic) bond motifs is 1. The average molecular weight is 294 g/mol. The lowest BCUT2D eigenvalue weighted by Crippen LogP contribution is -2.11. The van der Waals surface area contributed by atoms with Crippen LogP contribution >= 0.6 is 0 Å². The van der Waals surface area contributed by atoms with Crippen LogP contribution in [0.5, 0.6) is 0 Å². The number of nitrogens with zero attached hydrogens (tertiary/aromatic N) is 1. The van der Waals surface area contributed by atoms with E-state index in [2.05, 4.69) is 10.3 Å². The molecule has 0 unspecified atom stereocenters. The lowest BCUT2D eigenvalue weighted by Gasteiger charge is -2.05. The topological polar surface area (TPSA) is 55.1 Å². The zero-order valence-electron chi connectivity index (χ0n) is 12.5. The molecule has 4 heteroatoms. The van der Waals surface area contributed by atoms with Crippen molar-refractivity contribution in [1.82, 2.24) is 4.98 Å². The number of carbonyl (C=O) groups excluding carboxylic acids is 1. The van der Waals surface area contributed by atoms with E-state index in [1.54, 1.807) is 0 Å². The highest BCUT2D eigenvalue weighted by atomic mass is 16.3. The van der Waals surface area contributed by atoms with E-state index in [0.717, 1.165) is 22.4 Å². The van der Waals surface area contributed by atoms with Crippen molar-refractivity contribution in [3.05, 3.63) is 60.0 Å². The van der Waals surface area contributed by atoms with Gasteiger partial charge in [0.05, 0.1) is 0 Å². The van der Waals surface area contributed by atoms with E-state index in [1.807, 2.05) is 55.5 Å². The maximum atomic E-state index is 11.9. The third kappa shape index (κ3) is 3.52. The molecule has 4 nitrogen and oxygen atoms in total. The first kappa shape index (κ1) is 14.3. The summed E-state index contributed by atoms with van der Waals surface area (Å²) in [4.78, 5) is 16.3. The third-order valence-electron chi connectivity index (χ3n) is 3.43. The number of rotatable bonds is 5. The van der Waals surface area contributed by atoms with Gasteiger partial charge in [-0.15, -0.1) is 0 Å². The first-order chi connectivity index (χ1) is 10.7. The molecule has 0 saturated heterocycles. The number of aryl methyl sites for hydroxylation is 2. The van der Waals surface area contributed by atoms with E-state index in [1.165, 1.54) is 0 Å². The van der Waals surface area contributed by atoms with Gasteiger partial charge in [0.25, 0.3) is 0 Å². The van der Waals surface area contributed by atoms with Crippen molar-refractivity contribution in [2.24, 2.45) is 0 Å². The molecule has 0 fully saturated rings. The molecule has 1 aromatic heterocycles. The van der Waals surface area contributed by atoms with Gasteiger partial charge in [0.15, 0.2) is 11.5 Å². The summed E-state index contributed by atoms with van der Waals surface area (Å²) in [7, 11) is 0. The van der Waals surface area contributed by atoms with Gasteiger partial charge >= 0.3 is 0 Å². The van der Waals surface area contributed by atoms with Crippen LogP contribution in [0.15, 0.2) is 52.9 Å². The van der Waals surface area contributed by atoms with Gasteiger partial charge in [-0.25, -0.2) is 4.98 Å². The number of anilines is 1. The van der Waals surface area contributed by atoms with Crippen LogP contribution in [0, 0.1) is 6.92 Å². The summed E-state index contributed by atoms with van der Waals surface area (Å²) >= 11 is 0. The molecule has 22 heavy (non-hydrogen) atoms. The normalized spacial score (nSPS) is 10.8. The fourth-order valence-corrected chi connectivity index (χ4v) is 2.37. The zero-order valence-corrected chi connectivity index (χ0v) is 12.5. The molecular weight excluding hydrogens is 276 g/mol. The molecule has 1 amide bonds. The summed E-state index contributed by atoms with van der Waals surface area (Å²) in [5, 5.41) is 2.91. The second-order valence-electron chi connectivity index (χ2n) is 5.35. The van der Waals surface area contributed by atoms with E-state index in [4.69, 9.17) is 4.42 Å². The molecule has 1 N–H and O–H groups in total. The molecular formula is C18H18N2O2. The van der Waals surface area contributed by atoms with Crippen molar-refractivity contribution in [2.45, 2.75) is 26.2 Å². The molecule has 0 saturated carbocycles. The molecule has 0 atom stereocenters. The third-order valence-corrected chi connectivity index (χ3v) is 3.43. The van der Waals surface area contributed by atoms with Crippen molar-refractivity contribution in [3.8, 4) is 0 Å². The molecule has 2 aromatic carbocycles. The molecule has 1 heterocycles. The van der Waals surface area contributed by atoms with Gasteiger partial charge in [0.2, 0.25) is 5.91 Å². The first-order valence-corrected chi connectivity index (χ1v) is 7.42. The van der Waals surface area contributed by atoms with Gasteiger partial charge < -0.3 is 9.73 Å². The summed E-state index contributed by atoms with van der Waals surface area (Å²) in [6.07, 6.45) is 1.83. The van der Waals surface area contributed by atoms with Crippen LogP contribution in [-0.2, 0) is 11.2 Å². The van der Waals surface area contributed by atoms with Gasteiger partial charge in [-0.05, 0) is 43.2 Å². The SMILES string of the molecule is Cc1cccc(NC(=O)CCCc2nc3ccccc3o2)c1. The number of aromatic nitrogens is 1. The highest BCUT2D eigenvalue weighted by Gasteiger charge is 2.07. The number of nitrogens with one attached hydrogen (secondary N) is 1. The van der Waals surface area contributed by atoms with Gasteiger partial charge in [-0.3, -0.25) is 4.79 Å². The van der Waals surface area contributed by atoms with Crippen molar-refractivity contribution >= 4 is 22.7 Å². The van der Waals surface area contributed by atoms with Crippen molar-refractivity contribution in [1.29, 1.82) is 0 Å². The lowest BCUT2D eigenvalue weighted by atomic mass is 10.2. The van der Waals surface area contributed by atoms with Crippen molar-refractivity contribution in [3.63, 3.8) is 0 Å². The molecule has 3 rings (SSSR count). The quantitative estimate of drug-likeness (QED) is 0.771. The fraction of sp³-hybridized carbons (Fsp3) is 0.222. The fourth-order valence-electron chi connectivity index (χ4n) is 2.37. The standard InChI is InChI=1S/C18H18N2O2/c1-13-6-4-7-14(12-13)19-17(21)10-5-11-18-20-15-8-2-3-9-16(15)22-18/h2-4,6-9,12H,5,10-11H2,1H3,(H,19,21). The van der Waals surface area contributed by atoms with Crippen LogP contribution in [0.3, 0.4) is 0 Å². The number of hydrogen-bond donors (Lipinski definition) is 1. The number of benzene rings is 2. The molecule has 0 aliphatic carbocycles. The number of hydrogen-bond acceptors (Lipinski definition) is 3. The maximum absolute atomic E-state index is 11.9. The maximum Gasteiger partial charge on any atom is 0.224 e. The number of para-hydroxylation sites is 2. The van der Waals surface area contributed by atoms with E-state index >= 15 is 0 Å². The van der Waals surface area contributed by atoms with Crippen LogP contribution in [0.2, 0.25) is 0 Å². The molecule has 0 spiro atoms. The highest BCUT2D eigenvalue weighted by Crippen LogP contribution is 2.16. The Morgan fingerprint density at radius 3 is 2.86 bits per heavy atom. The van der Waals surface area contributed by atoms with E-state index < -0.39 is 0 Å². The summed E-state index contributed by atoms with van der Waals surface area (Å²) in [5.41, 5.74) is 3.62. The predicted octanol–water partition coefficient (Wildman–Crippen LogP) is 4.10. The first-order valence-electron chi connectivity index (χ1n) is 7.42. The zero-order chi connectivity index (χ0) is 15.4. The largest absolute Gasteiger partial charge is 0.441 e.